The van der Waals surface area contributed by atoms with Crippen molar-refractivity contribution in [3.63, 3.8) is 0 Å². The van der Waals surface area contributed by atoms with Crippen molar-refractivity contribution >= 4 is 16.5 Å². The molecular formula is C11H16N4S. The average molecular weight is 236 g/mol. The number of rotatable bonds is 3. The van der Waals surface area contributed by atoms with Crippen LogP contribution in [0.5, 0.6) is 0 Å². The van der Waals surface area contributed by atoms with Crippen molar-refractivity contribution in [2.24, 2.45) is 0 Å². The lowest BCUT2D eigenvalue weighted by molar-refractivity contribution is 0.263. The van der Waals surface area contributed by atoms with Crippen LogP contribution >= 0.6 is 11.3 Å². The summed E-state index contributed by atoms with van der Waals surface area (Å²) in [7, 11) is 0. The summed E-state index contributed by atoms with van der Waals surface area (Å²) in [6.45, 7) is 7.07. The minimum absolute atomic E-state index is 0.635. The van der Waals surface area contributed by atoms with Crippen LogP contribution in [-0.4, -0.2) is 42.6 Å². The summed E-state index contributed by atoms with van der Waals surface area (Å²) in [5.74, 6) is 0. The molecule has 2 rings (SSSR count). The zero-order chi connectivity index (χ0) is 11.4. The summed E-state index contributed by atoms with van der Waals surface area (Å²) >= 11 is 1.72. The molecule has 0 aliphatic carbocycles. The number of thiazole rings is 1. The molecule has 2 heterocycles. The van der Waals surface area contributed by atoms with Crippen molar-refractivity contribution in [3.8, 4) is 6.07 Å². The molecule has 0 spiro atoms. The predicted molar refractivity (Wildman–Crippen MR) is 65.7 cm³/mol. The molecule has 16 heavy (non-hydrogen) atoms. The molecule has 1 aromatic heterocycles. The second kappa shape index (κ2) is 5.28. The number of piperazine rings is 1. The van der Waals surface area contributed by atoms with Crippen LogP contribution in [0.15, 0.2) is 5.38 Å². The van der Waals surface area contributed by atoms with E-state index in [9.17, 15) is 0 Å². The van der Waals surface area contributed by atoms with E-state index < -0.39 is 0 Å². The van der Waals surface area contributed by atoms with E-state index in [0.717, 1.165) is 43.5 Å². The third kappa shape index (κ3) is 2.71. The van der Waals surface area contributed by atoms with Gasteiger partial charge in [0.05, 0.1) is 11.8 Å². The molecule has 0 aromatic carbocycles. The van der Waals surface area contributed by atoms with Crippen LogP contribution in [0.25, 0.3) is 0 Å². The van der Waals surface area contributed by atoms with Crippen molar-refractivity contribution in [3.05, 3.63) is 11.1 Å². The second-order valence-electron chi connectivity index (χ2n) is 4.01. The first-order valence-corrected chi connectivity index (χ1v) is 6.44. The number of hydrogen-bond donors (Lipinski definition) is 0. The molecule has 0 radical (unpaired) electrons. The number of hydrogen-bond acceptors (Lipinski definition) is 5. The molecule has 0 bridgehead atoms. The van der Waals surface area contributed by atoms with Gasteiger partial charge in [-0.25, -0.2) is 4.98 Å². The molecule has 1 aromatic rings. The Labute approximate surface area is 100 Å². The Hall–Kier alpha value is -1.12. The van der Waals surface area contributed by atoms with Crippen molar-refractivity contribution < 1.29 is 0 Å². The summed E-state index contributed by atoms with van der Waals surface area (Å²) in [5.41, 5.74) is 1.10. The van der Waals surface area contributed by atoms with E-state index in [1.165, 1.54) is 0 Å². The summed E-state index contributed by atoms with van der Waals surface area (Å²) < 4.78 is 0. The Balaban J connectivity index is 1.83. The third-order valence-corrected chi connectivity index (χ3v) is 3.81. The van der Waals surface area contributed by atoms with Gasteiger partial charge >= 0.3 is 0 Å². The molecule has 4 nitrogen and oxygen atoms in total. The molecular weight excluding hydrogens is 220 g/mol. The van der Waals surface area contributed by atoms with Gasteiger partial charge in [-0.05, 0) is 6.92 Å². The number of aryl methyl sites for hydroxylation is 1. The fourth-order valence-electron chi connectivity index (χ4n) is 1.86. The van der Waals surface area contributed by atoms with E-state index in [4.69, 9.17) is 5.26 Å². The zero-order valence-corrected chi connectivity index (χ0v) is 10.3. The summed E-state index contributed by atoms with van der Waals surface area (Å²) in [5, 5.41) is 11.8. The Morgan fingerprint density at radius 2 is 2.19 bits per heavy atom. The smallest absolute Gasteiger partial charge is 0.185 e. The Kier molecular flexibility index (Phi) is 3.75. The Morgan fingerprint density at radius 3 is 2.75 bits per heavy atom. The van der Waals surface area contributed by atoms with E-state index >= 15 is 0 Å². The number of aromatic nitrogens is 1. The SMILES string of the molecule is Cc1csc(N2CCN(CCC#N)CC2)n1. The van der Waals surface area contributed by atoms with Crippen LogP contribution in [0.1, 0.15) is 12.1 Å². The first-order valence-electron chi connectivity index (χ1n) is 5.56. The van der Waals surface area contributed by atoms with Gasteiger partial charge in [0, 0.05) is 44.5 Å². The lowest BCUT2D eigenvalue weighted by Crippen LogP contribution is -2.46. The van der Waals surface area contributed by atoms with Crippen molar-refractivity contribution in [1.29, 1.82) is 5.26 Å². The largest absolute Gasteiger partial charge is 0.346 e. The minimum Gasteiger partial charge on any atom is -0.346 e. The van der Waals surface area contributed by atoms with Crippen LogP contribution in [0, 0.1) is 18.3 Å². The molecule has 1 fully saturated rings. The molecule has 0 unspecified atom stereocenters. The van der Waals surface area contributed by atoms with Gasteiger partial charge in [0.25, 0.3) is 0 Å². The average Bonchev–Trinajstić information content (AvgIpc) is 2.74. The molecule has 0 saturated carbocycles. The van der Waals surface area contributed by atoms with Crippen molar-refractivity contribution in [2.75, 3.05) is 37.6 Å². The van der Waals surface area contributed by atoms with Gasteiger partial charge in [-0.15, -0.1) is 11.3 Å². The molecule has 1 aliphatic heterocycles. The standard InChI is InChI=1S/C11H16N4S/c1-10-9-16-11(13-10)15-7-5-14(6-8-15)4-2-3-12/h9H,2,4-8H2,1H3. The van der Waals surface area contributed by atoms with E-state index in [0.29, 0.717) is 6.42 Å². The van der Waals surface area contributed by atoms with E-state index in [1.54, 1.807) is 11.3 Å². The highest BCUT2D eigenvalue weighted by Crippen LogP contribution is 2.21. The summed E-state index contributed by atoms with van der Waals surface area (Å²) in [6.07, 6.45) is 0.635. The lowest BCUT2D eigenvalue weighted by atomic mass is 10.3. The molecule has 0 atom stereocenters. The maximum atomic E-state index is 8.53. The monoisotopic (exact) mass is 236 g/mol. The van der Waals surface area contributed by atoms with Crippen LogP contribution < -0.4 is 4.90 Å². The fourth-order valence-corrected chi connectivity index (χ4v) is 2.71. The maximum absolute atomic E-state index is 8.53. The predicted octanol–water partition coefficient (Wildman–Crippen LogP) is 1.49. The molecule has 0 N–H and O–H groups in total. The molecule has 1 saturated heterocycles. The Bertz CT molecular complexity index is 374. The van der Waals surface area contributed by atoms with Gasteiger partial charge < -0.3 is 4.90 Å². The normalized spacial score (nSPS) is 17.4. The molecule has 0 amide bonds. The molecule has 86 valence electrons. The van der Waals surface area contributed by atoms with E-state index in [1.807, 2.05) is 6.92 Å². The van der Waals surface area contributed by atoms with Gasteiger partial charge in [-0.1, -0.05) is 0 Å². The highest BCUT2D eigenvalue weighted by molar-refractivity contribution is 7.13. The van der Waals surface area contributed by atoms with Gasteiger partial charge in [0.2, 0.25) is 0 Å². The Morgan fingerprint density at radius 1 is 1.44 bits per heavy atom. The van der Waals surface area contributed by atoms with Crippen LogP contribution in [0.4, 0.5) is 5.13 Å². The number of nitrogens with zero attached hydrogens (tertiary/aromatic N) is 4. The van der Waals surface area contributed by atoms with Gasteiger partial charge in [-0.2, -0.15) is 5.26 Å². The third-order valence-electron chi connectivity index (χ3n) is 2.79. The first kappa shape index (κ1) is 11.4. The summed E-state index contributed by atoms with van der Waals surface area (Å²) in [4.78, 5) is 9.18. The zero-order valence-electron chi connectivity index (χ0n) is 9.52. The van der Waals surface area contributed by atoms with Crippen LogP contribution in [0.3, 0.4) is 0 Å². The van der Waals surface area contributed by atoms with Crippen LogP contribution in [-0.2, 0) is 0 Å². The van der Waals surface area contributed by atoms with Crippen molar-refractivity contribution in [1.82, 2.24) is 9.88 Å². The molecule has 1 aliphatic rings. The highest BCUT2D eigenvalue weighted by atomic mass is 32.1. The minimum atomic E-state index is 0.635. The van der Waals surface area contributed by atoms with Gasteiger partial charge in [0.1, 0.15) is 0 Å². The maximum Gasteiger partial charge on any atom is 0.185 e. The first-order chi connectivity index (χ1) is 7.79. The highest BCUT2D eigenvalue weighted by Gasteiger charge is 2.18. The lowest BCUT2D eigenvalue weighted by Gasteiger charge is -2.34. The topological polar surface area (TPSA) is 43.2 Å². The van der Waals surface area contributed by atoms with Crippen molar-refractivity contribution in [2.45, 2.75) is 13.3 Å². The van der Waals surface area contributed by atoms with E-state index in [2.05, 4.69) is 26.2 Å². The fraction of sp³-hybridized carbons (Fsp3) is 0.636. The number of anilines is 1. The molecule has 5 heteroatoms. The van der Waals surface area contributed by atoms with Gasteiger partial charge in [-0.3, -0.25) is 4.90 Å². The quantitative estimate of drug-likeness (QED) is 0.797. The van der Waals surface area contributed by atoms with Gasteiger partial charge in [0.15, 0.2) is 5.13 Å². The van der Waals surface area contributed by atoms with E-state index in [-0.39, 0.29) is 0 Å². The van der Waals surface area contributed by atoms with Crippen LogP contribution in [0.2, 0.25) is 0 Å². The second-order valence-corrected chi connectivity index (χ2v) is 4.84. The number of nitriles is 1. The summed E-state index contributed by atoms with van der Waals surface area (Å²) in [6, 6.07) is 2.20.